The van der Waals surface area contributed by atoms with E-state index < -0.39 is 0 Å². The lowest BCUT2D eigenvalue weighted by molar-refractivity contribution is 0.111. The number of hydrogen-bond acceptors (Lipinski definition) is 4. The van der Waals surface area contributed by atoms with Crippen LogP contribution in [0.2, 0.25) is 0 Å². The number of ether oxygens (including phenoxy) is 2. The summed E-state index contributed by atoms with van der Waals surface area (Å²) in [7, 11) is 4.06. The van der Waals surface area contributed by atoms with Crippen molar-refractivity contribution in [3.63, 3.8) is 0 Å². The molecule has 0 saturated carbocycles. The molecule has 0 heterocycles. The number of hydrogen-bond donors (Lipinski definition) is 0. The van der Waals surface area contributed by atoms with Crippen molar-refractivity contribution in [1.82, 2.24) is 4.90 Å². The summed E-state index contributed by atoms with van der Waals surface area (Å²) in [4.78, 5) is 13.2. The van der Waals surface area contributed by atoms with E-state index in [0.29, 0.717) is 24.5 Å². The van der Waals surface area contributed by atoms with E-state index in [0.717, 1.165) is 37.0 Å². The number of nitrogens with zero attached hydrogens (tertiary/aromatic N) is 1. The lowest BCUT2D eigenvalue weighted by atomic mass is 10.1. The molecule has 0 atom stereocenters. The van der Waals surface area contributed by atoms with Crippen LogP contribution < -0.4 is 9.47 Å². The fourth-order valence-corrected chi connectivity index (χ4v) is 1.90. The maximum absolute atomic E-state index is 11.1. The fraction of sp³-hybridized carbons (Fsp3) is 0.562. The minimum Gasteiger partial charge on any atom is -0.493 e. The standard InChI is InChI=1S/C16H25NO3.ClH/c1-5-10-19-15-8-7-14(12-18)16(13(15)2)20-11-6-9-17(3)4;/h7-8,12H,5-6,9-11H2,1-4H3;1H. The summed E-state index contributed by atoms with van der Waals surface area (Å²) in [6, 6.07) is 3.59. The molecule has 0 aliphatic rings. The van der Waals surface area contributed by atoms with Crippen molar-refractivity contribution in [3.8, 4) is 11.5 Å². The van der Waals surface area contributed by atoms with Crippen LogP contribution in [-0.2, 0) is 0 Å². The first kappa shape index (κ1) is 19.7. The van der Waals surface area contributed by atoms with Crippen LogP contribution in [0.3, 0.4) is 0 Å². The first-order valence-corrected chi connectivity index (χ1v) is 7.09. The van der Waals surface area contributed by atoms with Crippen LogP contribution in [0.4, 0.5) is 0 Å². The first-order valence-electron chi connectivity index (χ1n) is 7.09. The number of carbonyl (C=O) groups excluding carboxylic acids is 1. The average Bonchev–Trinajstić information content (AvgIpc) is 2.43. The smallest absolute Gasteiger partial charge is 0.153 e. The van der Waals surface area contributed by atoms with Gasteiger partial charge in [-0.15, -0.1) is 12.4 Å². The summed E-state index contributed by atoms with van der Waals surface area (Å²) in [5.41, 5.74) is 1.48. The third kappa shape index (κ3) is 6.36. The second-order valence-electron chi connectivity index (χ2n) is 5.08. The number of carbonyl (C=O) groups is 1. The molecule has 1 aromatic carbocycles. The van der Waals surface area contributed by atoms with Crippen molar-refractivity contribution in [2.45, 2.75) is 26.7 Å². The van der Waals surface area contributed by atoms with Crippen molar-refractivity contribution < 1.29 is 14.3 Å². The molecule has 0 fully saturated rings. The van der Waals surface area contributed by atoms with Crippen LogP contribution in [-0.4, -0.2) is 45.0 Å². The molecule has 1 aromatic rings. The van der Waals surface area contributed by atoms with Gasteiger partial charge in [-0.05, 0) is 46.0 Å². The van der Waals surface area contributed by atoms with Gasteiger partial charge in [0.2, 0.25) is 0 Å². The maximum atomic E-state index is 11.1. The fourth-order valence-electron chi connectivity index (χ4n) is 1.90. The molecule has 0 aliphatic carbocycles. The molecular weight excluding hydrogens is 290 g/mol. The second-order valence-corrected chi connectivity index (χ2v) is 5.08. The van der Waals surface area contributed by atoms with Crippen molar-refractivity contribution in [1.29, 1.82) is 0 Å². The molecule has 4 nitrogen and oxygen atoms in total. The molecule has 0 aliphatic heterocycles. The molecule has 1 rings (SSSR count). The summed E-state index contributed by atoms with van der Waals surface area (Å²) in [5.74, 6) is 1.44. The third-order valence-corrected chi connectivity index (χ3v) is 2.97. The van der Waals surface area contributed by atoms with Gasteiger partial charge < -0.3 is 14.4 Å². The van der Waals surface area contributed by atoms with Crippen LogP contribution in [0, 0.1) is 6.92 Å². The van der Waals surface area contributed by atoms with Gasteiger partial charge >= 0.3 is 0 Å². The summed E-state index contributed by atoms with van der Waals surface area (Å²) in [6.45, 7) is 6.22. The maximum Gasteiger partial charge on any atom is 0.153 e. The molecule has 0 spiro atoms. The monoisotopic (exact) mass is 315 g/mol. The van der Waals surface area contributed by atoms with Crippen LogP contribution in [0.5, 0.6) is 11.5 Å². The Morgan fingerprint density at radius 2 is 1.90 bits per heavy atom. The van der Waals surface area contributed by atoms with E-state index in [4.69, 9.17) is 9.47 Å². The molecule has 0 saturated heterocycles. The first-order chi connectivity index (χ1) is 9.60. The Hall–Kier alpha value is -1.26. The summed E-state index contributed by atoms with van der Waals surface area (Å²) >= 11 is 0. The average molecular weight is 316 g/mol. The number of rotatable bonds is 9. The topological polar surface area (TPSA) is 38.8 Å². The SMILES string of the molecule is CCCOc1ccc(C=O)c(OCCCN(C)C)c1C.Cl. The van der Waals surface area contributed by atoms with Crippen molar-refractivity contribution in [2.24, 2.45) is 0 Å². The minimum absolute atomic E-state index is 0. The van der Waals surface area contributed by atoms with Crippen molar-refractivity contribution >= 4 is 18.7 Å². The van der Waals surface area contributed by atoms with Gasteiger partial charge in [0.25, 0.3) is 0 Å². The highest BCUT2D eigenvalue weighted by Crippen LogP contribution is 2.31. The van der Waals surface area contributed by atoms with Crippen LogP contribution >= 0.6 is 12.4 Å². The molecule has 0 aromatic heterocycles. The predicted molar refractivity (Wildman–Crippen MR) is 88.3 cm³/mol. The van der Waals surface area contributed by atoms with E-state index >= 15 is 0 Å². The molecule has 0 unspecified atom stereocenters. The lowest BCUT2D eigenvalue weighted by Gasteiger charge is -2.16. The second kappa shape index (κ2) is 10.5. The number of benzene rings is 1. The molecule has 0 bridgehead atoms. The molecule has 0 amide bonds. The molecule has 0 N–H and O–H groups in total. The van der Waals surface area contributed by atoms with Gasteiger partial charge in [-0.2, -0.15) is 0 Å². The zero-order valence-corrected chi connectivity index (χ0v) is 14.2. The molecule has 0 radical (unpaired) electrons. The van der Waals surface area contributed by atoms with E-state index in [9.17, 15) is 4.79 Å². The molecule has 5 heteroatoms. The minimum atomic E-state index is 0. The van der Waals surface area contributed by atoms with Gasteiger partial charge in [-0.1, -0.05) is 6.92 Å². The molecule has 120 valence electrons. The number of halogens is 1. The third-order valence-electron chi connectivity index (χ3n) is 2.97. The Morgan fingerprint density at radius 3 is 2.48 bits per heavy atom. The van der Waals surface area contributed by atoms with E-state index in [1.54, 1.807) is 6.07 Å². The zero-order valence-electron chi connectivity index (χ0n) is 13.3. The Bertz CT molecular complexity index is 436. The van der Waals surface area contributed by atoms with Crippen LogP contribution in [0.25, 0.3) is 0 Å². The highest BCUT2D eigenvalue weighted by Gasteiger charge is 2.12. The zero-order chi connectivity index (χ0) is 15.0. The largest absolute Gasteiger partial charge is 0.493 e. The summed E-state index contributed by atoms with van der Waals surface area (Å²) in [6.07, 6.45) is 2.70. The number of aldehydes is 1. The van der Waals surface area contributed by atoms with Crippen LogP contribution in [0.1, 0.15) is 35.7 Å². The van der Waals surface area contributed by atoms with E-state index in [-0.39, 0.29) is 12.4 Å². The molecular formula is C16H26ClNO3. The van der Waals surface area contributed by atoms with Crippen molar-refractivity contribution in [2.75, 3.05) is 33.9 Å². The van der Waals surface area contributed by atoms with Gasteiger partial charge in [0.05, 0.1) is 18.8 Å². The van der Waals surface area contributed by atoms with Gasteiger partial charge in [0.15, 0.2) is 6.29 Å². The Labute approximate surface area is 133 Å². The summed E-state index contributed by atoms with van der Waals surface area (Å²) in [5, 5.41) is 0. The van der Waals surface area contributed by atoms with E-state index in [1.807, 2.05) is 27.1 Å². The highest BCUT2D eigenvalue weighted by atomic mass is 35.5. The summed E-state index contributed by atoms with van der Waals surface area (Å²) < 4.78 is 11.5. The van der Waals surface area contributed by atoms with Gasteiger partial charge in [0, 0.05) is 12.1 Å². The van der Waals surface area contributed by atoms with Crippen molar-refractivity contribution in [3.05, 3.63) is 23.3 Å². The Balaban J connectivity index is 0.00000400. The molecule has 21 heavy (non-hydrogen) atoms. The van der Waals surface area contributed by atoms with Crippen LogP contribution in [0.15, 0.2) is 12.1 Å². The van der Waals surface area contributed by atoms with Gasteiger partial charge in [-0.25, -0.2) is 0 Å². The highest BCUT2D eigenvalue weighted by molar-refractivity contribution is 5.85. The van der Waals surface area contributed by atoms with E-state index in [1.165, 1.54) is 0 Å². The Morgan fingerprint density at radius 1 is 1.19 bits per heavy atom. The Kier molecular flexibility index (Phi) is 9.84. The normalized spacial score (nSPS) is 10.1. The van der Waals surface area contributed by atoms with Gasteiger partial charge in [0.1, 0.15) is 11.5 Å². The van der Waals surface area contributed by atoms with E-state index in [2.05, 4.69) is 11.8 Å². The lowest BCUT2D eigenvalue weighted by Crippen LogP contribution is -2.16. The quantitative estimate of drug-likeness (QED) is 0.517. The predicted octanol–water partition coefficient (Wildman–Crippen LogP) is 3.35. The van der Waals surface area contributed by atoms with Gasteiger partial charge in [-0.3, -0.25) is 4.79 Å².